The van der Waals surface area contributed by atoms with E-state index in [0.29, 0.717) is 5.41 Å². The van der Waals surface area contributed by atoms with E-state index in [1.165, 1.54) is 25.7 Å². The van der Waals surface area contributed by atoms with E-state index in [1.54, 1.807) is 0 Å². The molecule has 0 unspecified atom stereocenters. The second-order valence-corrected chi connectivity index (χ2v) is 5.25. The third kappa shape index (κ3) is 2.22. The van der Waals surface area contributed by atoms with E-state index < -0.39 is 0 Å². The molecule has 0 aromatic heterocycles. The number of rotatable bonds is 1. The molecule has 1 nitrogen and oxygen atoms in total. The molecule has 0 radical (unpaired) electrons. The molecule has 0 aromatic carbocycles. The second-order valence-electron chi connectivity index (χ2n) is 5.25. The van der Waals surface area contributed by atoms with Gasteiger partial charge in [0.1, 0.15) is 0 Å². The molecule has 1 fully saturated rings. The van der Waals surface area contributed by atoms with Crippen LogP contribution < -0.4 is 5.73 Å². The maximum absolute atomic E-state index is 5.79. The van der Waals surface area contributed by atoms with Gasteiger partial charge in [0.15, 0.2) is 0 Å². The topological polar surface area (TPSA) is 26.0 Å². The van der Waals surface area contributed by atoms with Crippen molar-refractivity contribution in [1.29, 1.82) is 0 Å². The second kappa shape index (κ2) is 3.78. The highest BCUT2D eigenvalue weighted by molar-refractivity contribution is 4.84. The Kier molecular flexibility index (Phi) is 3.16. The molecule has 1 aliphatic carbocycles. The smallest absolute Gasteiger partial charge is 0.00460 e. The first kappa shape index (κ1) is 10.0. The lowest BCUT2D eigenvalue weighted by atomic mass is 9.66. The van der Waals surface area contributed by atoms with Crippen molar-refractivity contribution in [3.05, 3.63) is 0 Å². The molecule has 0 aliphatic heterocycles. The summed E-state index contributed by atoms with van der Waals surface area (Å²) in [5.41, 5.74) is 6.25. The molecule has 1 saturated carbocycles. The number of hydrogen-bond donors (Lipinski definition) is 1. The fourth-order valence-electron chi connectivity index (χ4n) is 2.63. The van der Waals surface area contributed by atoms with E-state index >= 15 is 0 Å². The molecule has 0 amide bonds. The highest BCUT2D eigenvalue weighted by Gasteiger charge is 2.32. The summed E-state index contributed by atoms with van der Waals surface area (Å²) < 4.78 is 0. The van der Waals surface area contributed by atoms with Crippen LogP contribution in [0.15, 0.2) is 0 Å². The van der Waals surface area contributed by atoms with E-state index in [2.05, 4.69) is 20.8 Å². The molecular formula is C11H23N. The van der Waals surface area contributed by atoms with E-state index in [0.717, 1.165) is 18.4 Å². The zero-order chi connectivity index (χ0) is 9.19. The van der Waals surface area contributed by atoms with Gasteiger partial charge in [-0.3, -0.25) is 0 Å². The van der Waals surface area contributed by atoms with Crippen LogP contribution in [0.4, 0.5) is 0 Å². The highest BCUT2D eigenvalue weighted by Crippen LogP contribution is 2.41. The van der Waals surface area contributed by atoms with E-state index in [1.807, 2.05) is 0 Å². The van der Waals surface area contributed by atoms with Gasteiger partial charge in [0, 0.05) is 0 Å². The number of hydrogen-bond acceptors (Lipinski definition) is 1. The Morgan fingerprint density at radius 2 is 1.75 bits per heavy atom. The molecule has 1 rings (SSSR count). The Morgan fingerprint density at radius 1 is 1.17 bits per heavy atom. The maximum Gasteiger partial charge on any atom is -0.00460 e. The van der Waals surface area contributed by atoms with Crippen LogP contribution >= 0.6 is 0 Å². The van der Waals surface area contributed by atoms with Gasteiger partial charge in [0.25, 0.3) is 0 Å². The minimum Gasteiger partial charge on any atom is -0.330 e. The molecule has 2 atom stereocenters. The minimum atomic E-state index is 0.463. The van der Waals surface area contributed by atoms with Gasteiger partial charge in [0.2, 0.25) is 0 Å². The zero-order valence-electron chi connectivity index (χ0n) is 8.77. The first-order chi connectivity index (χ1) is 5.55. The monoisotopic (exact) mass is 169 g/mol. The summed E-state index contributed by atoms with van der Waals surface area (Å²) in [6, 6.07) is 0. The molecule has 0 bridgehead atoms. The van der Waals surface area contributed by atoms with Gasteiger partial charge >= 0.3 is 0 Å². The Labute approximate surface area is 76.7 Å². The predicted molar refractivity (Wildman–Crippen MR) is 54.0 cm³/mol. The van der Waals surface area contributed by atoms with Crippen molar-refractivity contribution in [2.45, 2.75) is 46.5 Å². The van der Waals surface area contributed by atoms with Gasteiger partial charge in [0.05, 0.1) is 0 Å². The van der Waals surface area contributed by atoms with Crippen LogP contribution in [-0.2, 0) is 0 Å². The van der Waals surface area contributed by atoms with Crippen molar-refractivity contribution in [1.82, 2.24) is 0 Å². The molecule has 12 heavy (non-hydrogen) atoms. The van der Waals surface area contributed by atoms with E-state index in [9.17, 15) is 0 Å². The first-order valence-electron chi connectivity index (χ1n) is 5.26. The Hall–Kier alpha value is -0.0400. The van der Waals surface area contributed by atoms with Gasteiger partial charge in [-0.05, 0) is 36.6 Å². The summed E-state index contributed by atoms with van der Waals surface area (Å²) in [7, 11) is 0. The van der Waals surface area contributed by atoms with Crippen molar-refractivity contribution in [2.75, 3.05) is 6.54 Å². The lowest BCUT2D eigenvalue weighted by Crippen LogP contribution is -2.35. The van der Waals surface area contributed by atoms with Crippen LogP contribution in [0.1, 0.15) is 46.5 Å². The van der Waals surface area contributed by atoms with Crippen molar-refractivity contribution in [3.8, 4) is 0 Å². The molecular weight excluding hydrogens is 146 g/mol. The average molecular weight is 169 g/mol. The van der Waals surface area contributed by atoms with Crippen LogP contribution in [0.25, 0.3) is 0 Å². The lowest BCUT2D eigenvalue weighted by Gasteiger charge is -2.40. The predicted octanol–water partition coefficient (Wildman–Crippen LogP) is 2.80. The first-order valence-corrected chi connectivity index (χ1v) is 5.26. The normalized spacial score (nSPS) is 32.0. The van der Waals surface area contributed by atoms with Crippen molar-refractivity contribution in [3.63, 3.8) is 0 Å². The summed E-state index contributed by atoms with van der Waals surface area (Å²) in [6.45, 7) is 7.95. The van der Waals surface area contributed by atoms with Gasteiger partial charge in [-0.25, -0.2) is 0 Å². The molecule has 0 heterocycles. The molecule has 0 aromatic rings. The van der Waals surface area contributed by atoms with Crippen molar-refractivity contribution in [2.24, 2.45) is 23.0 Å². The molecule has 2 N–H and O–H groups in total. The SMILES string of the molecule is CC(C)(C)[C@@H]1CCCC[C@@H]1CN. The fraction of sp³-hybridized carbons (Fsp3) is 1.00. The van der Waals surface area contributed by atoms with Crippen LogP contribution in [-0.4, -0.2) is 6.54 Å². The molecule has 0 spiro atoms. The maximum atomic E-state index is 5.79. The quantitative estimate of drug-likeness (QED) is 0.642. The Morgan fingerprint density at radius 3 is 2.17 bits per heavy atom. The third-order valence-corrected chi connectivity index (χ3v) is 3.32. The molecule has 1 aliphatic rings. The third-order valence-electron chi connectivity index (χ3n) is 3.32. The van der Waals surface area contributed by atoms with E-state index in [4.69, 9.17) is 5.73 Å². The molecule has 0 saturated heterocycles. The molecule has 72 valence electrons. The molecule has 1 heteroatoms. The Balaban J connectivity index is 2.59. The minimum absolute atomic E-state index is 0.463. The van der Waals surface area contributed by atoms with Crippen molar-refractivity contribution < 1.29 is 0 Å². The number of nitrogens with two attached hydrogens (primary N) is 1. The standard InChI is InChI=1S/C11H23N/c1-11(2,3)10-7-5-4-6-9(10)8-12/h9-10H,4-8,12H2,1-3H3/t9-,10-/m1/s1. The van der Waals surface area contributed by atoms with Crippen LogP contribution in [0.2, 0.25) is 0 Å². The van der Waals surface area contributed by atoms with Gasteiger partial charge in [-0.2, -0.15) is 0 Å². The average Bonchev–Trinajstić information content (AvgIpc) is 2.03. The largest absolute Gasteiger partial charge is 0.330 e. The van der Waals surface area contributed by atoms with Crippen molar-refractivity contribution >= 4 is 0 Å². The summed E-state index contributed by atoms with van der Waals surface area (Å²) in [5, 5.41) is 0. The van der Waals surface area contributed by atoms with Crippen LogP contribution in [0, 0.1) is 17.3 Å². The lowest BCUT2D eigenvalue weighted by molar-refractivity contribution is 0.112. The highest BCUT2D eigenvalue weighted by atomic mass is 14.6. The Bertz CT molecular complexity index is 134. The van der Waals surface area contributed by atoms with Gasteiger partial charge < -0.3 is 5.73 Å². The summed E-state index contributed by atoms with van der Waals surface area (Å²) in [4.78, 5) is 0. The van der Waals surface area contributed by atoms with Gasteiger partial charge in [-0.1, -0.05) is 33.6 Å². The fourth-order valence-corrected chi connectivity index (χ4v) is 2.63. The van der Waals surface area contributed by atoms with E-state index in [-0.39, 0.29) is 0 Å². The summed E-state index contributed by atoms with van der Waals surface area (Å²) in [6.07, 6.45) is 5.57. The van der Waals surface area contributed by atoms with Gasteiger partial charge in [-0.15, -0.1) is 0 Å². The summed E-state index contributed by atoms with van der Waals surface area (Å²) >= 11 is 0. The summed E-state index contributed by atoms with van der Waals surface area (Å²) in [5.74, 6) is 1.65. The zero-order valence-corrected chi connectivity index (χ0v) is 8.77. The van der Waals surface area contributed by atoms with Crippen LogP contribution in [0.5, 0.6) is 0 Å². The van der Waals surface area contributed by atoms with Crippen LogP contribution in [0.3, 0.4) is 0 Å².